The molecule has 0 spiro atoms. The summed E-state index contributed by atoms with van der Waals surface area (Å²) in [7, 11) is 0. The summed E-state index contributed by atoms with van der Waals surface area (Å²) in [5.74, 6) is 0.488. The molecule has 14 heavy (non-hydrogen) atoms. The van der Waals surface area contributed by atoms with Crippen molar-refractivity contribution in [3.8, 4) is 0 Å². The number of nitrogens with two attached hydrogens (primary N) is 1. The highest BCUT2D eigenvalue weighted by Gasteiger charge is 2.08. The molecule has 0 saturated carbocycles. The lowest BCUT2D eigenvalue weighted by Crippen LogP contribution is -2.10. The molecule has 0 bridgehead atoms. The summed E-state index contributed by atoms with van der Waals surface area (Å²) < 4.78 is 0. The van der Waals surface area contributed by atoms with Crippen molar-refractivity contribution in [1.29, 1.82) is 0 Å². The molecule has 0 aliphatic rings. The monoisotopic (exact) mass is 192 g/mol. The van der Waals surface area contributed by atoms with Crippen LogP contribution >= 0.6 is 0 Å². The number of aromatic nitrogens is 3. The van der Waals surface area contributed by atoms with Crippen molar-refractivity contribution in [2.45, 2.75) is 19.8 Å². The van der Waals surface area contributed by atoms with Crippen molar-refractivity contribution in [2.75, 3.05) is 5.73 Å². The van der Waals surface area contributed by atoms with Gasteiger partial charge in [0, 0.05) is 5.69 Å². The number of hydrogen-bond donors (Lipinski definition) is 3. The Morgan fingerprint density at radius 2 is 2.14 bits per heavy atom. The summed E-state index contributed by atoms with van der Waals surface area (Å²) in [6, 6.07) is 1.85. The lowest BCUT2D eigenvalue weighted by atomic mass is 10.1. The number of nitrogens with zero attached hydrogens (tertiary/aromatic N) is 1. The number of hydrogen-bond acceptors (Lipinski definition) is 3. The van der Waals surface area contributed by atoms with Crippen LogP contribution in [0.2, 0.25) is 0 Å². The van der Waals surface area contributed by atoms with Crippen molar-refractivity contribution in [1.82, 2.24) is 15.0 Å². The first kappa shape index (κ1) is 8.80. The van der Waals surface area contributed by atoms with Crippen LogP contribution in [0.4, 0.5) is 5.95 Å². The first-order chi connectivity index (χ1) is 6.58. The number of H-pyrrole nitrogens is 2. The van der Waals surface area contributed by atoms with Crippen LogP contribution in [0, 0.1) is 0 Å². The van der Waals surface area contributed by atoms with E-state index in [0.29, 0.717) is 17.0 Å². The molecule has 4 N–H and O–H groups in total. The SMILES string of the molecule is CC(C)c1cc2nc(N)[nH]c(=O)c2[nH]1. The first-order valence-electron chi connectivity index (χ1n) is 4.46. The third-order valence-corrected chi connectivity index (χ3v) is 2.15. The Morgan fingerprint density at radius 1 is 1.43 bits per heavy atom. The highest BCUT2D eigenvalue weighted by Crippen LogP contribution is 2.17. The molecule has 2 rings (SSSR count). The number of nitrogens with one attached hydrogen (secondary N) is 2. The maximum Gasteiger partial charge on any atom is 0.276 e. The maximum atomic E-state index is 11.4. The fraction of sp³-hybridized carbons (Fsp3) is 0.333. The average Bonchev–Trinajstić information content (AvgIpc) is 2.47. The van der Waals surface area contributed by atoms with E-state index in [1.807, 2.05) is 19.9 Å². The van der Waals surface area contributed by atoms with Gasteiger partial charge in [-0.25, -0.2) is 4.98 Å². The summed E-state index contributed by atoms with van der Waals surface area (Å²) in [4.78, 5) is 20.9. The number of anilines is 1. The molecule has 0 amide bonds. The topological polar surface area (TPSA) is 87.6 Å². The molecule has 0 unspecified atom stereocenters. The summed E-state index contributed by atoms with van der Waals surface area (Å²) in [6.45, 7) is 4.09. The number of aromatic amines is 2. The van der Waals surface area contributed by atoms with Crippen LogP contribution in [0.15, 0.2) is 10.9 Å². The Hall–Kier alpha value is -1.78. The molecule has 5 heteroatoms. The van der Waals surface area contributed by atoms with Crippen LogP contribution < -0.4 is 11.3 Å². The van der Waals surface area contributed by atoms with Gasteiger partial charge in [-0.1, -0.05) is 13.8 Å². The second-order valence-electron chi connectivity index (χ2n) is 3.59. The maximum absolute atomic E-state index is 11.4. The first-order valence-corrected chi connectivity index (χ1v) is 4.46. The van der Waals surface area contributed by atoms with Crippen molar-refractivity contribution < 1.29 is 0 Å². The van der Waals surface area contributed by atoms with Crippen molar-refractivity contribution >= 4 is 17.0 Å². The molecular formula is C9H12N4O. The molecule has 0 aromatic carbocycles. The molecule has 5 nitrogen and oxygen atoms in total. The van der Waals surface area contributed by atoms with Crippen molar-refractivity contribution in [3.63, 3.8) is 0 Å². The third kappa shape index (κ3) is 1.26. The van der Waals surface area contributed by atoms with Gasteiger partial charge in [0.1, 0.15) is 5.52 Å². The Kier molecular flexibility index (Phi) is 1.80. The van der Waals surface area contributed by atoms with Gasteiger partial charge in [0.15, 0.2) is 0 Å². The largest absolute Gasteiger partial charge is 0.369 e. The summed E-state index contributed by atoms with van der Waals surface area (Å²) >= 11 is 0. The van der Waals surface area contributed by atoms with Gasteiger partial charge in [-0.2, -0.15) is 0 Å². The third-order valence-electron chi connectivity index (χ3n) is 2.15. The molecule has 74 valence electrons. The van der Waals surface area contributed by atoms with E-state index in [1.54, 1.807) is 0 Å². The lowest BCUT2D eigenvalue weighted by Gasteiger charge is -1.97. The van der Waals surface area contributed by atoms with Gasteiger partial charge < -0.3 is 10.7 Å². The minimum absolute atomic E-state index is 0.150. The molecule has 0 saturated heterocycles. The number of nitrogen functional groups attached to an aromatic ring is 1. The average molecular weight is 192 g/mol. The molecule has 2 aromatic heterocycles. The van der Waals surface area contributed by atoms with Crippen molar-refractivity contribution in [3.05, 3.63) is 22.1 Å². The minimum Gasteiger partial charge on any atom is -0.369 e. The fourth-order valence-electron chi connectivity index (χ4n) is 1.37. The van der Waals surface area contributed by atoms with E-state index in [4.69, 9.17) is 5.73 Å². The van der Waals surface area contributed by atoms with Gasteiger partial charge in [0.25, 0.3) is 5.56 Å². The Balaban J connectivity index is 2.77. The highest BCUT2D eigenvalue weighted by molar-refractivity contribution is 5.76. The van der Waals surface area contributed by atoms with E-state index in [0.717, 1.165) is 5.69 Å². The van der Waals surface area contributed by atoms with Gasteiger partial charge in [0.2, 0.25) is 5.95 Å². The normalized spacial score (nSPS) is 11.4. The van der Waals surface area contributed by atoms with Gasteiger partial charge >= 0.3 is 0 Å². The zero-order valence-electron chi connectivity index (χ0n) is 8.09. The van der Waals surface area contributed by atoms with Gasteiger partial charge in [-0.3, -0.25) is 9.78 Å². The predicted octanol–water partition coefficient (Wildman–Crippen LogP) is 0.957. The van der Waals surface area contributed by atoms with E-state index < -0.39 is 0 Å². The summed E-state index contributed by atoms with van der Waals surface area (Å²) in [6.07, 6.45) is 0. The van der Waals surface area contributed by atoms with Gasteiger partial charge in [-0.15, -0.1) is 0 Å². The van der Waals surface area contributed by atoms with Crippen LogP contribution in [0.25, 0.3) is 11.0 Å². The van der Waals surface area contributed by atoms with Gasteiger partial charge in [-0.05, 0) is 12.0 Å². The molecule has 0 atom stereocenters. The van der Waals surface area contributed by atoms with Crippen molar-refractivity contribution in [2.24, 2.45) is 0 Å². The van der Waals surface area contributed by atoms with E-state index in [1.165, 1.54) is 0 Å². The summed E-state index contributed by atoms with van der Waals surface area (Å²) in [5.41, 5.74) is 7.31. The van der Waals surface area contributed by atoms with E-state index in [-0.39, 0.29) is 11.5 Å². The quantitative estimate of drug-likeness (QED) is 0.628. The molecule has 0 aliphatic heterocycles. The van der Waals surface area contributed by atoms with E-state index >= 15 is 0 Å². The van der Waals surface area contributed by atoms with E-state index in [9.17, 15) is 4.79 Å². The molecule has 2 aromatic rings. The molecule has 0 radical (unpaired) electrons. The molecule has 2 heterocycles. The second-order valence-corrected chi connectivity index (χ2v) is 3.59. The summed E-state index contributed by atoms with van der Waals surface area (Å²) in [5, 5.41) is 0. The Labute approximate surface area is 80.4 Å². The van der Waals surface area contributed by atoms with E-state index in [2.05, 4.69) is 15.0 Å². The number of fused-ring (bicyclic) bond motifs is 1. The molecular weight excluding hydrogens is 180 g/mol. The molecule has 0 fully saturated rings. The lowest BCUT2D eigenvalue weighted by molar-refractivity contribution is 0.836. The standard InChI is InChI=1S/C9H12N4O/c1-4(2)5-3-6-7(11-5)8(14)13-9(10)12-6/h3-4,11H,1-2H3,(H3,10,12,13,14). The van der Waals surface area contributed by atoms with Crippen LogP contribution in [0.5, 0.6) is 0 Å². The van der Waals surface area contributed by atoms with Crippen LogP contribution in [-0.4, -0.2) is 15.0 Å². The van der Waals surface area contributed by atoms with Crippen LogP contribution in [0.1, 0.15) is 25.5 Å². The Morgan fingerprint density at radius 3 is 2.79 bits per heavy atom. The van der Waals surface area contributed by atoms with Gasteiger partial charge in [0.05, 0.1) is 5.52 Å². The zero-order valence-corrected chi connectivity index (χ0v) is 8.09. The Bertz CT molecular complexity index is 523. The minimum atomic E-state index is -0.223. The molecule has 0 aliphatic carbocycles. The highest BCUT2D eigenvalue weighted by atomic mass is 16.1. The van der Waals surface area contributed by atoms with Crippen LogP contribution in [-0.2, 0) is 0 Å². The fourth-order valence-corrected chi connectivity index (χ4v) is 1.37. The smallest absolute Gasteiger partial charge is 0.276 e. The predicted molar refractivity (Wildman–Crippen MR) is 55.2 cm³/mol. The van der Waals surface area contributed by atoms with Crippen LogP contribution in [0.3, 0.4) is 0 Å². The zero-order chi connectivity index (χ0) is 10.3. The second kappa shape index (κ2) is 2.87. The number of rotatable bonds is 1.